The first-order chi connectivity index (χ1) is 5.83. The molecule has 0 saturated carbocycles. The lowest BCUT2D eigenvalue weighted by molar-refractivity contribution is 0.272. The molecule has 3 nitrogen and oxygen atoms in total. The molecular formula is C9H12N2O. The maximum absolute atomic E-state index is 5.01. The predicted octanol–water partition coefficient (Wildman–Crippen LogP) is 1.79. The first-order valence-electron chi connectivity index (χ1n) is 3.89. The fourth-order valence-electron chi connectivity index (χ4n) is 0.694. The van der Waals surface area contributed by atoms with E-state index in [1.807, 2.05) is 13.8 Å². The van der Waals surface area contributed by atoms with E-state index >= 15 is 0 Å². The van der Waals surface area contributed by atoms with Crippen molar-refractivity contribution in [3.63, 3.8) is 0 Å². The topological polar surface area (TPSA) is 35.0 Å². The van der Waals surface area contributed by atoms with E-state index in [0.29, 0.717) is 12.4 Å². The summed E-state index contributed by atoms with van der Waals surface area (Å²) < 4.78 is 5.01. The molecule has 0 aromatic carbocycles. The van der Waals surface area contributed by atoms with Crippen LogP contribution in [-0.2, 0) is 4.74 Å². The van der Waals surface area contributed by atoms with E-state index < -0.39 is 0 Å². The molecule has 64 valence electrons. The molecule has 12 heavy (non-hydrogen) atoms. The van der Waals surface area contributed by atoms with Crippen molar-refractivity contribution in [3.05, 3.63) is 30.0 Å². The highest BCUT2D eigenvalue weighted by Crippen LogP contribution is 1.95. The third-order valence-electron chi connectivity index (χ3n) is 1.28. The predicted molar refractivity (Wildman–Crippen MR) is 47.4 cm³/mol. The van der Waals surface area contributed by atoms with Crippen molar-refractivity contribution in [3.8, 4) is 0 Å². The molecule has 0 radical (unpaired) electrons. The SMILES string of the molecule is CCOC=Cc1ncc(C)cn1. The number of aromatic nitrogens is 2. The molecule has 1 heterocycles. The Kier molecular flexibility index (Phi) is 3.26. The summed E-state index contributed by atoms with van der Waals surface area (Å²) in [5.41, 5.74) is 1.06. The quantitative estimate of drug-likeness (QED) is 0.639. The van der Waals surface area contributed by atoms with Gasteiger partial charge < -0.3 is 4.74 Å². The molecule has 1 aromatic rings. The molecular weight excluding hydrogens is 152 g/mol. The smallest absolute Gasteiger partial charge is 0.154 e. The van der Waals surface area contributed by atoms with Gasteiger partial charge in [-0.15, -0.1) is 0 Å². The zero-order valence-electron chi connectivity index (χ0n) is 7.32. The van der Waals surface area contributed by atoms with Crippen LogP contribution in [0, 0.1) is 6.92 Å². The molecule has 0 aliphatic heterocycles. The van der Waals surface area contributed by atoms with Gasteiger partial charge in [-0.2, -0.15) is 0 Å². The van der Waals surface area contributed by atoms with E-state index in [0.717, 1.165) is 5.56 Å². The highest BCUT2D eigenvalue weighted by Gasteiger charge is 1.88. The van der Waals surface area contributed by atoms with Crippen molar-refractivity contribution in [1.82, 2.24) is 9.97 Å². The zero-order chi connectivity index (χ0) is 8.81. The Balaban J connectivity index is 2.58. The van der Waals surface area contributed by atoms with Crippen LogP contribution in [0.15, 0.2) is 18.7 Å². The van der Waals surface area contributed by atoms with Gasteiger partial charge in [0.15, 0.2) is 5.82 Å². The molecule has 0 amide bonds. The number of hydrogen-bond donors (Lipinski definition) is 0. The van der Waals surface area contributed by atoms with Crippen LogP contribution in [0.2, 0.25) is 0 Å². The summed E-state index contributed by atoms with van der Waals surface area (Å²) in [5.74, 6) is 0.675. The van der Waals surface area contributed by atoms with E-state index in [9.17, 15) is 0 Å². The second-order valence-electron chi connectivity index (χ2n) is 2.38. The van der Waals surface area contributed by atoms with Crippen LogP contribution in [0.1, 0.15) is 18.3 Å². The third-order valence-corrected chi connectivity index (χ3v) is 1.28. The first kappa shape index (κ1) is 8.71. The van der Waals surface area contributed by atoms with Gasteiger partial charge in [0, 0.05) is 18.5 Å². The maximum atomic E-state index is 5.01. The Morgan fingerprint density at radius 3 is 2.67 bits per heavy atom. The lowest BCUT2D eigenvalue weighted by Crippen LogP contribution is -1.87. The minimum atomic E-state index is 0.669. The molecule has 1 aromatic heterocycles. The van der Waals surface area contributed by atoms with Crippen LogP contribution >= 0.6 is 0 Å². The van der Waals surface area contributed by atoms with Gasteiger partial charge in [-0.3, -0.25) is 0 Å². The third kappa shape index (κ3) is 2.70. The van der Waals surface area contributed by atoms with Gasteiger partial charge in [-0.1, -0.05) is 0 Å². The Bertz CT molecular complexity index is 254. The maximum Gasteiger partial charge on any atom is 0.154 e. The van der Waals surface area contributed by atoms with Crippen molar-refractivity contribution in [2.24, 2.45) is 0 Å². The largest absolute Gasteiger partial charge is 0.501 e. The van der Waals surface area contributed by atoms with Crippen molar-refractivity contribution in [1.29, 1.82) is 0 Å². The molecule has 0 aliphatic carbocycles. The normalized spacial score (nSPS) is 10.5. The summed E-state index contributed by atoms with van der Waals surface area (Å²) >= 11 is 0. The fraction of sp³-hybridized carbons (Fsp3) is 0.333. The van der Waals surface area contributed by atoms with Gasteiger partial charge in [0.2, 0.25) is 0 Å². The lowest BCUT2D eigenvalue weighted by atomic mass is 10.4. The number of ether oxygens (including phenoxy) is 1. The summed E-state index contributed by atoms with van der Waals surface area (Å²) in [6, 6.07) is 0. The summed E-state index contributed by atoms with van der Waals surface area (Å²) in [6.07, 6.45) is 6.89. The molecule has 0 atom stereocenters. The van der Waals surface area contributed by atoms with Crippen LogP contribution in [0.4, 0.5) is 0 Å². The van der Waals surface area contributed by atoms with E-state index in [2.05, 4.69) is 9.97 Å². The Morgan fingerprint density at radius 2 is 2.08 bits per heavy atom. The van der Waals surface area contributed by atoms with Gasteiger partial charge >= 0.3 is 0 Å². The van der Waals surface area contributed by atoms with Crippen LogP contribution in [-0.4, -0.2) is 16.6 Å². The van der Waals surface area contributed by atoms with Crippen molar-refractivity contribution in [2.75, 3.05) is 6.61 Å². The van der Waals surface area contributed by atoms with Gasteiger partial charge in [-0.25, -0.2) is 9.97 Å². The number of rotatable bonds is 3. The molecule has 1 rings (SSSR count). The molecule has 0 fully saturated rings. The molecule has 0 spiro atoms. The van der Waals surface area contributed by atoms with Gasteiger partial charge in [0.1, 0.15) is 0 Å². The zero-order valence-corrected chi connectivity index (χ0v) is 7.32. The Labute approximate surface area is 72.1 Å². The first-order valence-corrected chi connectivity index (χ1v) is 3.89. The highest BCUT2D eigenvalue weighted by molar-refractivity contribution is 5.37. The number of hydrogen-bond acceptors (Lipinski definition) is 3. The van der Waals surface area contributed by atoms with E-state index in [1.54, 1.807) is 24.7 Å². The van der Waals surface area contributed by atoms with E-state index in [-0.39, 0.29) is 0 Å². The number of nitrogens with zero attached hydrogens (tertiary/aromatic N) is 2. The van der Waals surface area contributed by atoms with Crippen LogP contribution in [0.25, 0.3) is 6.08 Å². The second-order valence-corrected chi connectivity index (χ2v) is 2.38. The standard InChI is InChI=1S/C9H12N2O/c1-3-12-5-4-9-10-6-8(2)7-11-9/h4-7H,3H2,1-2H3. The lowest BCUT2D eigenvalue weighted by Gasteiger charge is -1.93. The molecule has 0 unspecified atom stereocenters. The molecule has 0 bridgehead atoms. The second kappa shape index (κ2) is 4.49. The fourth-order valence-corrected chi connectivity index (χ4v) is 0.694. The summed E-state index contributed by atoms with van der Waals surface area (Å²) in [5, 5.41) is 0. The van der Waals surface area contributed by atoms with E-state index in [4.69, 9.17) is 4.74 Å². The molecule has 0 aliphatic rings. The average Bonchev–Trinajstić information content (AvgIpc) is 2.09. The summed E-state index contributed by atoms with van der Waals surface area (Å²) in [7, 11) is 0. The monoisotopic (exact) mass is 164 g/mol. The minimum absolute atomic E-state index is 0.669. The molecule has 0 N–H and O–H groups in total. The van der Waals surface area contributed by atoms with E-state index in [1.165, 1.54) is 0 Å². The molecule has 3 heteroatoms. The average molecular weight is 164 g/mol. The summed E-state index contributed by atoms with van der Waals surface area (Å²) in [6.45, 7) is 4.55. The van der Waals surface area contributed by atoms with Crippen LogP contribution < -0.4 is 0 Å². The van der Waals surface area contributed by atoms with Gasteiger partial charge in [0.25, 0.3) is 0 Å². The van der Waals surface area contributed by atoms with Crippen molar-refractivity contribution in [2.45, 2.75) is 13.8 Å². The van der Waals surface area contributed by atoms with Crippen LogP contribution in [0.3, 0.4) is 0 Å². The minimum Gasteiger partial charge on any atom is -0.501 e. The summed E-state index contributed by atoms with van der Waals surface area (Å²) in [4.78, 5) is 8.14. The van der Waals surface area contributed by atoms with Crippen LogP contribution in [0.5, 0.6) is 0 Å². The highest BCUT2D eigenvalue weighted by atomic mass is 16.5. The molecule has 0 saturated heterocycles. The van der Waals surface area contributed by atoms with Crippen molar-refractivity contribution >= 4 is 6.08 Å². The Morgan fingerprint density at radius 1 is 1.42 bits per heavy atom. The number of aryl methyl sites for hydroxylation is 1. The van der Waals surface area contributed by atoms with Gasteiger partial charge in [-0.05, 0) is 19.4 Å². The Hall–Kier alpha value is -1.38. The van der Waals surface area contributed by atoms with Crippen molar-refractivity contribution < 1.29 is 4.74 Å². The van der Waals surface area contributed by atoms with Gasteiger partial charge in [0.05, 0.1) is 12.9 Å².